The second-order valence-electron chi connectivity index (χ2n) is 5.63. The molecule has 0 aromatic heterocycles. The average molecular weight is 236 g/mol. The molecule has 0 aliphatic carbocycles. The summed E-state index contributed by atoms with van der Waals surface area (Å²) in [5, 5.41) is 0. The van der Waals surface area contributed by atoms with Crippen LogP contribution < -0.4 is 0 Å². The zero-order valence-electron chi connectivity index (χ0n) is 10.2. The summed E-state index contributed by atoms with van der Waals surface area (Å²) in [5.41, 5.74) is -0.531. The van der Waals surface area contributed by atoms with Gasteiger partial charge < -0.3 is 13.3 Å². The first kappa shape index (κ1) is 12.6. The summed E-state index contributed by atoms with van der Waals surface area (Å²) in [6.07, 6.45) is 0. The molecule has 0 atom stereocenters. The SMILES string of the molecule is CC1(C)OP(O[Si](C)(C)C)OC1(C)C. The Morgan fingerprint density at radius 3 is 1.57 bits per heavy atom. The molecule has 0 radical (unpaired) electrons. The van der Waals surface area contributed by atoms with Gasteiger partial charge in [-0.1, -0.05) is 0 Å². The van der Waals surface area contributed by atoms with Crippen LogP contribution in [-0.2, 0) is 13.3 Å². The topological polar surface area (TPSA) is 27.7 Å². The molecule has 0 saturated carbocycles. The maximum atomic E-state index is 5.83. The summed E-state index contributed by atoms with van der Waals surface area (Å²) in [6.45, 7) is 14.6. The van der Waals surface area contributed by atoms with E-state index in [4.69, 9.17) is 13.3 Å². The lowest BCUT2D eigenvalue weighted by Gasteiger charge is -2.29. The Kier molecular flexibility index (Phi) is 3.17. The number of rotatable bonds is 2. The Morgan fingerprint density at radius 1 is 0.929 bits per heavy atom. The van der Waals surface area contributed by atoms with E-state index in [1.165, 1.54) is 0 Å². The van der Waals surface area contributed by atoms with Gasteiger partial charge in [0.1, 0.15) is 11.2 Å². The summed E-state index contributed by atoms with van der Waals surface area (Å²) in [5.74, 6) is 0. The predicted octanol–water partition coefficient (Wildman–Crippen LogP) is 3.67. The van der Waals surface area contributed by atoms with Gasteiger partial charge in [0.15, 0.2) is 8.32 Å². The normalized spacial score (nSPS) is 26.8. The van der Waals surface area contributed by atoms with Crippen LogP contribution in [-0.4, -0.2) is 19.5 Å². The van der Waals surface area contributed by atoms with Crippen LogP contribution in [0.1, 0.15) is 27.7 Å². The quantitative estimate of drug-likeness (QED) is 0.541. The molecular weight excluding hydrogens is 215 g/mol. The maximum absolute atomic E-state index is 5.83. The fourth-order valence-electron chi connectivity index (χ4n) is 0.872. The summed E-state index contributed by atoms with van der Waals surface area (Å²) >= 11 is 0. The summed E-state index contributed by atoms with van der Waals surface area (Å²) < 4.78 is 17.4. The molecule has 0 amide bonds. The molecule has 3 nitrogen and oxygen atoms in total. The molecule has 0 unspecified atom stereocenters. The fourth-order valence-corrected chi connectivity index (χ4v) is 4.18. The summed E-state index contributed by atoms with van der Waals surface area (Å²) in [7, 11) is -2.72. The Bertz CT molecular complexity index is 207. The third-order valence-corrected chi connectivity index (χ3v) is 6.40. The van der Waals surface area contributed by atoms with Crippen molar-refractivity contribution in [1.82, 2.24) is 0 Å². The van der Waals surface area contributed by atoms with Crippen LogP contribution in [0.2, 0.25) is 19.6 Å². The Labute approximate surface area is 89.3 Å². The van der Waals surface area contributed by atoms with Gasteiger partial charge in [-0.15, -0.1) is 0 Å². The van der Waals surface area contributed by atoms with Gasteiger partial charge in [0, 0.05) is 0 Å². The molecule has 1 saturated heterocycles. The van der Waals surface area contributed by atoms with Crippen LogP contribution in [0.25, 0.3) is 0 Å². The largest absolute Gasteiger partial charge is 0.354 e. The maximum Gasteiger partial charge on any atom is 0.323 e. The molecule has 0 aromatic carbocycles. The van der Waals surface area contributed by atoms with Crippen molar-refractivity contribution in [2.45, 2.75) is 58.5 Å². The van der Waals surface area contributed by atoms with Crippen LogP contribution in [0.5, 0.6) is 0 Å². The van der Waals surface area contributed by atoms with Gasteiger partial charge in [-0.25, -0.2) is 0 Å². The molecule has 0 aromatic rings. The smallest absolute Gasteiger partial charge is 0.323 e. The van der Waals surface area contributed by atoms with Crippen molar-refractivity contribution < 1.29 is 13.3 Å². The molecule has 1 fully saturated rings. The Hall–Kier alpha value is 0.527. The van der Waals surface area contributed by atoms with Crippen LogP contribution >= 0.6 is 8.60 Å². The van der Waals surface area contributed by atoms with Crippen LogP contribution in [0.3, 0.4) is 0 Å². The van der Waals surface area contributed by atoms with Crippen LogP contribution in [0.15, 0.2) is 0 Å². The van der Waals surface area contributed by atoms with Crippen LogP contribution in [0, 0.1) is 0 Å². The lowest BCUT2D eigenvalue weighted by molar-refractivity contribution is 0.00578. The molecule has 84 valence electrons. The van der Waals surface area contributed by atoms with Crippen molar-refractivity contribution in [3.8, 4) is 0 Å². The van der Waals surface area contributed by atoms with E-state index in [0.717, 1.165) is 0 Å². The molecule has 1 aliphatic heterocycles. The van der Waals surface area contributed by atoms with Crippen molar-refractivity contribution in [3.05, 3.63) is 0 Å². The number of hydrogen-bond acceptors (Lipinski definition) is 3. The van der Waals surface area contributed by atoms with E-state index in [9.17, 15) is 0 Å². The van der Waals surface area contributed by atoms with Gasteiger partial charge in [-0.2, -0.15) is 0 Å². The minimum absolute atomic E-state index is 0.266. The van der Waals surface area contributed by atoms with E-state index in [1.54, 1.807) is 0 Å². The Balaban J connectivity index is 2.65. The monoisotopic (exact) mass is 236 g/mol. The van der Waals surface area contributed by atoms with E-state index in [2.05, 4.69) is 19.6 Å². The van der Waals surface area contributed by atoms with Gasteiger partial charge in [0.05, 0.1) is 0 Å². The third kappa shape index (κ3) is 2.77. The first-order chi connectivity index (χ1) is 6.04. The fraction of sp³-hybridized carbons (Fsp3) is 1.00. The molecule has 5 heteroatoms. The van der Waals surface area contributed by atoms with Gasteiger partial charge in [0.25, 0.3) is 0 Å². The Morgan fingerprint density at radius 2 is 1.29 bits per heavy atom. The summed E-state index contributed by atoms with van der Waals surface area (Å²) in [6, 6.07) is 0. The first-order valence-electron chi connectivity index (χ1n) is 4.91. The first-order valence-corrected chi connectivity index (χ1v) is 9.41. The van der Waals surface area contributed by atoms with Gasteiger partial charge in [-0.3, -0.25) is 0 Å². The van der Waals surface area contributed by atoms with E-state index in [1.807, 2.05) is 27.7 Å². The highest BCUT2D eigenvalue weighted by molar-refractivity contribution is 7.44. The van der Waals surface area contributed by atoms with Gasteiger partial charge >= 0.3 is 8.60 Å². The van der Waals surface area contributed by atoms with E-state index < -0.39 is 16.9 Å². The minimum atomic E-state index is -1.57. The zero-order valence-corrected chi connectivity index (χ0v) is 12.1. The molecule has 0 N–H and O–H groups in total. The molecule has 14 heavy (non-hydrogen) atoms. The second-order valence-corrected chi connectivity index (χ2v) is 11.4. The molecule has 0 spiro atoms. The van der Waals surface area contributed by atoms with Crippen molar-refractivity contribution in [1.29, 1.82) is 0 Å². The van der Waals surface area contributed by atoms with Crippen LogP contribution in [0.4, 0.5) is 0 Å². The van der Waals surface area contributed by atoms with Crippen molar-refractivity contribution >= 4 is 16.9 Å². The van der Waals surface area contributed by atoms with Gasteiger partial charge in [-0.05, 0) is 47.3 Å². The van der Waals surface area contributed by atoms with Crippen molar-refractivity contribution in [2.75, 3.05) is 0 Å². The van der Waals surface area contributed by atoms with E-state index in [-0.39, 0.29) is 11.2 Å². The van der Waals surface area contributed by atoms with Gasteiger partial charge in [0.2, 0.25) is 0 Å². The molecule has 1 aliphatic rings. The van der Waals surface area contributed by atoms with Crippen molar-refractivity contribution in [3.63, 3.8) is 0 Å². The lowest BCUT2D eigenvalue weighted by atomic mass is 9.90. The highest BCUT2D eigenvalue weighted by Gasteiger charge is 2.51. The standard InChI is InChI=1S/C9H21O3PSi/c1-8(2)9(3,4)11-13(10-8)12-14(5,6)7/h1-7H3. The second kappa shape index (κ2) is 3.53. The molecule has 1 heterocycles. The van der Waals surface area contributed by atoms with E-state index >= 15 is 0 Å². The van der Waals surface area contributed by atoms with Crippen molar-refractivity contribution in [2.24, 2.45) is 0 Å². The predicted molar refractivity (Wildman–Crippen MR) is 61.7 cm³/mol. The average Bonchev–Trinajstić information content (AvgIpc) is 1.94. The molecular formula is C9H21O3PSi. The highest BCUT2D eigenvalue weighted by atomic mass is 31.2. The van der Waals surface area contributed by atoms with E-state index in [0.29, 0.717) is 0 Å². The number of hydrogen-bond donors (Lipinski definition) is 0. The third-order valence-electron chi connectivity index (χ3n) is 2.40. The lowest BCUT2D eigenvalue weighted by Crippen LogP contribution is -2.41. The molecule has 1 rings (SSSR count). The zero-order chi connectivity index (χ0) is 11.2. The highest BCUT2D eigenvalue weighted by Crippen LogP contribution is 2.59. The molecule has 0 bridgehead atoms. The minimum Gasteiger partial charge on any atom is -0.354 e. The summed E-state index contributed by atoms with van der Waals surface area (Å²) in [4.78, 5) is 0.